The third-order valence-corrected chi connectivity index (χ3v) is 3.21. The van der Waals surface area contributed by atoms with Gasteiger partial charge in [0.1, 0.15) is 5.82 Å². The third kappa shape index (κ3) is 4.34. The molecular weight excluding hydrogens is 263 g/mol. The predicted molar refractivity (Wildman–Crippen MR) is 75.9 cm³/mol. The summed E-state index contributed by atoms with van der Waals surface area (Å²) in [6.07, 6.45) is 0.977. The fourth-order valence-electron chi connectivity index (χ4n) is 2.19. The van der Waals surface area contributed by atoms with Crippen molar-refractivity contribution < 1.29 is 9.50 Å². The number of hydrogen-bond acceptors (Lipinski definition) is 1. The first-order valence-corrected chi connectivity index (χ1v) is 6.54. The van der Waals surface area contributed by atoms with E-state index in [0.717, 1.165) is 11.1 Å². The van der Waals surface area contributed by atoms with Crippen molar-refractivity contribution >= 4 is 11.6 Å². The minimum Gasteiger partial charge on any atom is -0.389 e. The van der Waals surface area contributed by atoms with Crippen molar-refractivity contribution in [1.29, 1.82) is 0 Å². The van der Waals surface area contributed by atoms with E-state index in [1.54, 1.807) is 25.1 Å². The second-order valence-electron chi connectivity index (χ2n) is 5.11. The Hall–Kier alpha value is -1.38. The average molecular weight is 279 g/mol. The van der Waals surface area contributed by atoms with E-state index in [-0.39, 0.29) is 5.82 Å². The molecule has 100 valence electrons. The molecule has 1 N–H and O–H groups in total. The first-order chi connectivity index (χ1) is 8.94. The Kier molecular flexibility index (Phi) is 4.23. The van der Waals surface area contributed by atoms with Crippen molar-refractivity contribution in [2.75, 3.05) is 0 Å². The lowest BCUT2D eigenvalue weighted by atomic mass is 9.90. The molecule has 0 aliphatic heterocycles. The molecule has 1 atom stereocenters. The van der Waals surface area contributed by atoms with E-state index in [2.05, 4.69) is 0 Å². The summed E-state index contributed by atoms with van der Waals surface area (Å²) in [6, 6.07) is 13.7. The minimum absolute atomic E-state index is 0.266. The van der Waals surface area contributed by atoms with Gasteiger partial charge in [0.15, 0.2) is 0 Å². The largest absolute Gasteiger partial charge is 0.389 e. The van der Waals surface area contributed by atoms with Crippen LogP contribution in [0.15, 0.2) is 48.5 Å². The molecule has 2 aromatic carbocycles. The van der Waals surface area contributed by atoms with Crippen LogP contribution in [0.2, 0.25) is 5.02 Å². The number of rotatable bonds is 4. The Morgan fingerprint density at radius 2 is 1.68 bits per heavy atom. The number of aliphatic hydroxyl groups is 1. The van der Waals surface area contributed by atoms with Gasteiger partial charge in [-0.3, -0.25) is 0 Å². The van der Waals surface area contributed by atoms with Crippen molar-refractivity contribution in [2.24, 2.45) is 0 Å². The maximum Gasteiger partial charge on any atom is 0.123 e. The van der Waals surface area contributed by atoms with Crippen LogP contribution < -0.4 is 0 Å². The summed E-state index contributed by atoms with van der Waals surface area (Å²) in [7, 11) is 0. The number of halogens is 2. The van der Waals surface area contributed by atoms with E-state index in [0.29, 0.717) is 17.9 Å². The topological polar surface area (TPSA) is 20.2 Å². The monoisotopic (exact) mass is 278 g/mol. The van der Waals surface area contributed by atoms with Gasteiger partial charge in [0.25, 0.3) is 0 Å². The summed E-state index contributed by atoms with van der Waals surface area (Å²) in [5, 5.41) is 11.1. The zero-order valence-corrected chi connectivity index (χ0v) is 11.5. The van der Waals surface area contributed by atoms with Crippen LogP contribution in [0, 0.1) is 5.82 Å². The molecule has 2 aromatic rings. The Labute approximate surface area is 117 Å². The molecule has 19 heavy (non-hydrogen) atoms. The van der Waals surface area contributed by atoms with Gasteiger partial charge in [-0.1, -0.05) is 35.9 Å². The fraction of sp³-hybridized carbons (Fsp3) is 0.250. The normalized spacial score (nSPS) is 14.1. The predicted octanol–water partition coefficient (Wildman–Crippen LogP) is 4.02. The van der Waals surface area contributed by atoms with Gasteiger partial charge in [-0.05, 0) is 42.3 Å². The van der Waals surface area contributed by atoms with E-state index in [1.165, 1.54) is 12.1 Å². The van der Waals surface area contributed by atoms with Gasteiger partial charge >= 0.3 is 0 Å². The molecule has 0 saturated carbocycles. The summed E-state index contributed by atoms with van der Waals surface area (Å²) in [5.41, 5.74) is 1.01. The molecule has 3 heteroatoms. The van der Waals surface area contributed by atoms with Crippen LogP contribution in [0.1, 0.15) is 18.1 Å². The van der Waals surface area contributed by atoms with E-state index >= 15 is 0 Å². The Bertz CT molecular complexity index is 549. The molecule has 0 fully saturated rings. The molecular formula is C16H16ClFO. The van der Waals surface area contributed by atoms with Gasteiger partial charge in [0, 0.05) is 17.9 Å². The van der Waals surface area contributed by atoms with Crippen LogP contribution in [-0.4, -0.2) is 10.7 Å². The Morgan fingerprint density at radius 3 is 2.32 bits per heavy atom. The van der Waals surface area contributed by atoms with Crippen LogP contribution >= 0.6 is 11.6 Å². The molecule has 0 bridgehead atoms. The highest BCUT2D eigenvalue weighted by atomic mass is 35.5. The van der Waals surface area contributed by atoms with Crippen molar-refractivity contribution in [2.45, 2.75) is 25.4 Å². The van der Waals surface area contributed by atoms with Gasteiger partial charge in [0.05, 0.1) is 5.60 Å². The van der Waals surface area contributed by atoms with Gasteiger partial charge in [-0.25, -0.2) is 4.39 Å². The van der Waals surface area contributed by atoms with Crippen LogP contribution in [0.3, 0.4) is 0 Å². The summed E-state index contributed by atoms with van der Waals surface area (Å²) in [4.78, 5) is 0. The molecule has 0 saturated heterocycles. The highest BCUT2D eigenvalue weighted by Gasteiger charge is 2.21. The second-order valence-corrected chi connectivity index (χ2v) is 5.54. The van der Waals surface area contributed by atoms with Gasteiger partial charge in [-0.2, -0.15) is 0 Å². The molecule has 1 unspecified atom stereocenters. The van der Waals surface area contributed by atoms with E-state index in [1.807, 2.05) is 18.2 Å². The van der Waals surface area contributed by atoms with Crippen LogP contribution in [-0.2, 0) is 12.8 Å². The molecule has 2 rings (SSSR count). The van der Waals surface area contributed by atoms with E-state index in [9.17, 15) is 9.50 Å². The molecule has 0 aliphatic rings. The number of hydrogen-bond donors (Lipinski definition) is 1. The number of benzene rings is 2. The lowest BCUT2D eigenvalue weighted by Crippen LogP contribution is -2.30. The SMILES string of the molecule is CC(O)(Cc1ccc(F)cc1)Cc1cccc(Cl)c1. The molecule has 1 nitrogen and oxygen atoms in total. The molecule has 0 spiro atoms. The lowest BCUT2D eigenvalue weighted by molar-refractivity contribution is 0.0608. The fourth-order valence-corrected chi connectivity index (χ4v) is 2.40. The quantitative estimate of drug-likeness (QED) is 0.896. The molecule has 0 aromatic heterocycles. The van der Waals surface area contributed by atoms with Crippen LogP contribution in [0.25, 0.3) is 0 Å². The summed E-state index contributed by atoms with van der Waals surface area (Å²) < 4.78 is 12.8. The van der Waals surface area contributed by atoms with Crippen molar-refractivity contribution in [3.8, 4) is 0 Å². The lowest BCUT2D eigenvalue weighted by Gasteiger charge is -2.23. The summed E-state index contributed by atoms with van der Waals surface area (Å²) >= 11 is 5.93. The zero-order chi connectivity index (χ0) is 13.9. The third-order valence-electron chi connectivity index (χ3n) is 2.97. The van der Waals surface area contributed by atoms with Crippen molar-refractivity contribution in [3.05, 3.63) is 70.5 Å². The highest BCUT2D eigenvalue weighted by molar-refractivity contribution is 6.30. The van der Waals surface area contributed by atoms with Gasteiger partial charge in [-0.15, -0.1) is 0 Å². The zero-order valence-electron chi connectivity index (χ0n) is 10.7. The smallest absolute Gasteiger partial charge is 0.123 e. The van der Waals surface area contributed by atoms with E-state index in [4.69, 9.17) is 11.6 Å². The standard InChI is InChI=1S/C16H16ClFO/c1-16(19,10-12-5-7-15(18)8-6-12)11-13-3-2-4-14(17)9-13/h2-9,19H,10-11H2,1H3. The Morgan fingerprint density at radius 1 is 1.05 bits per heavy atom. The van der Waals surface area contributed by atoms with Crippen molar-refractivity contribution in [3.63, 3.8) is 0 Å². The van der Waals surface area contributed by atoms with Crippen molar-refractivity contribution in [1.82, 2.24) is 0 Å². The summed E-state index contributed by atoms with van der Waals surface area (Å²) in [6.45, 7) is 1.78. The highest BCUT2D eigenvalue weighted by Crippen LogP contribution is 2.21. The van der Waals surface area contributed by atoms with E-state index < -0.39 is 5.60 Å². The van der Waals surface area contributed by atoms with Crippen LogP contribution in [0.5, 0.6) is 0 Å². The molecule has 0 aliphatic carbocycles. The second kappa shape index (κ2) is 5.72. The first-order valence-electron chi connectivity index (χ1n) is 6.16. The minimum atomic E-state index is -0.886. The molecule has 0 amide bonds. The van der Waals surface area contributed by atoms with Gasteiger partial charge in [0.2, 0.25) is 0 Å². The molecule has 0 heterocycles. The maximum atomic E-state index is 12.8. The Balaban J connectivity index is 2.07. The van der Waals surface area contributed by atoms with Gasteiger partial charge < -0.3 is 5.11 Å². The average Bonchev–Trinajstić information content (AvgIpc) is 2.31. The first kappa shape index (κ1) is 14.0. The summed E-state index contributed by atoms with van der Waals surface area (Å²) in [5.74, 6) is -0.266. The van der Waals surface area contributed by atoms with Crippen LogP contribution in [0.4, 0.5) is 4.39 Å². The molecule has 0 radical (unpaired) electrons. The maximum absolute atomic E-state index is 12.8.